The summed E-state index contributed by atoms with van der Waals surface area (Å²) < 4.78 is 0. The minimum atomic E-state index is -0.284. The third kappa shape index (κ3) is 4.57. The number of carbonyl (C=O) groups excluding carboxylic acids is 1. The summed E-state index contributed by atoms with van der Waals surface area (Å²) in [5.41, 5.74) is 4.08. The fourth-order valence-corrected chi connectivity index (χ4v) is 2.38. The SMILES string of the molecule is CO/N=C(/C(=O)NCc1ccc(Cl)cc1)c1ccc(C)cc1C. The molecule has 120 valence electrons. The second-order valence-electron chi connectivity index (χ2n) is 5.25. The molecule has 1 N–H and O–H groups in total. The van der Waals surface area contributed by atoms with Crippen LogP contribution in [-0.4, -0.2) is 18.7 Å². The van der Waals surface area contributed by atoms with E-state index in [1.807, 2.05) is 44.2 Å². The van der Waals surface area contributed by atoms with E-state index in [2.05, 4.69) is 10.5 Å². The molecule has 1 amide bonds. The Morgan fingerprint density at radius 1 is 1.17 bits per heavy atom. The molecule has 0 bridgehead atoms. The van der Waals surface area contributed by atoms with Gasteiger partial charge in [0.2, 0.25) is 0 Å². The lowest BCUT2D eigenvalue weighted by molar-refractivity contribution is -0.115. The second-order valence-corrected chi connectivity index (χ2v) is 5.69. The molecule has 0 fully saturated rings. The molecule has 5 heteroatoms. The van der Waals surface area contributed by atoms with Crippen molar-refractivity contribution in [1.29, 1.82) is 0 Å². The second kappa shape index (κ2) is 7.79. The molecule has 2 aromatic rings. The smallest absolute Gasteiger partial charge is 0.274 e. The number of hydrogen-bond acceptors (Lipinski definition) is 3. The summed E-state index contributed by atoms with van der Waals surface area (Å²) in [5.74, 6) is -0.284. The number of rotatable bonds is 5. The number of benzene rings is 2. The Balaban J connectivity index is 2.15. The van der Waals surface area contributed by atoms with Crippen LogP contribution < -0.4 is 5.32 Å². The van der Waals surface area contributed by atoms with E-state index >= 15 is 0 Å². The van der Waals surface area contributed by atoms with Crippen molar-refractivity contribution in [2.24, 2.45) is 5.16 Å². The molecule has 2 rings (SSSR count). The number of amides is 1. The van der Waals surface area contributed by atoms with Gasteiger partial charge < -0.3 is 10.2 Å². The highest BCUT2D eigenvalue weighted by molar-refractivity contribution is 6.45. The molecule has 0 unspecified atom stereocenters. The van der Waals surface area contributed by atoms with Gasteiger partial charge >= 0.3 is 0 Å². The molecule has 0 heterocycles. The number of nitrogens with zero attached hydrogens (tertiary/aromatic N) is 1. The van der Waals surface area contributed by atoms with Crippen LogP contribution in [0.15, 0.2) is 47.6 Å². The van der Waals surface area contributed by atoms with Crippen LogP contribution in [0.25, 0.3) is 0 Å². The maximum Gasteiger partial charge on any atom is 0.274 e. The standard InChI is InChI=1S/C18H19ClN2O2/c1-12-4-9-16(13(2)10-12)17(21-23-3)18(22)20-11-14-5-7-15(19)8-6-14/h4-10H,11H2,1-3H3,(H,20,22)/b21-17+. The maximum absolute atomic E-state index is 12.5. The Morgan fingerprint density at radius 2 is 1.87 bits per heavy atom. The first-order chi connectivity index (χ1) is 11.0. The number of carbonyl (C=O) groups is 1. The lowest BCUT2D eigenvalue weighted by Crippen LogP contribution is -2.32. The molecular formula is C18H19ClN2O2. The number of nitrogens with one attached hydrogen (secondary N) is 1. The van der Waals surface area contributed by atoms with Crippen LogP contribution in [0, 0.1) is 13.8 Å². The van der Waals surface area contributed by atoms with Gasteiger partial charge in [0.1, 0.15) is 7.11 Å². The number of oxime groups is 1. The van der Waals surface area contributed by atoms with Crippen LogP contribution in [0.1, 0.15) is 22.3 Å². The first kappa shape index (κ1) is 17.0. The lowest BCUT2D eigenvalue weighted by Gasteiger charge is -2.10. The van der Waals surface area contributed by atoms with Gasteiger partial charge in [0, 0.05) is 17.1 Å². The van der Waals surface area contributed by atoms with Crippen LogP contribution in [0.3, 0.4) is 0 Å². The largest absolute Gasteiger partial charge is 0.398 e. The average Bonchev–Trinajstić information content (AvgIpc) is 2.52. The summed E-state index contributed by atoms with van der Waals surface area (Å²) in [7, 11) is 1.43. The molecule has 0 aliphatic rings. The summed E-state index contributed by atoms with van der Waals surface area (Å²) in [5, 5.41) is 7.41. The van der Waals surface area contributed by atoms with Gasteiger partial charge in [-0.1, -0.05) is 52.7 Å². The highest BCUT2D eigenvalue weighted by Crippen LogP contribution is 2.13. The van der Waals surface area contributed by atoms with Crippen molar-refractivity contribution >= 4 is 23.2 Å². The zero-order valence-electron chi connectivity index (χ0n) is 13.4. The van der Waals surface area contributed by atoms with Crippen molar-refractivity contribution in [3.8, 4) is 0 Å². The van der Waals surface area contributed by atoms with Gasteiger partial charge in [0.05, 0.1) is 0 Å². The zero-order valence-corrected chi connectivity index (χ0v) is 14.1. The van der Waals surface area contributed by atoms with E-state index in [-0.39, 0.29) is 11.6 Å². The van der Waals surface area contributed by atoms with Crippen molar-refractivity contribution in [2.75, 3.05) is 7.11 Å². The van der Waals surface area contributed by atoms with Crippen LogP contribution >= 0.6 is 11.6 Å². The first-order valence-electron chi connectivity index (χ1n) is 7.22. The van der Waals surface area contributed by atoms with Gasteiger partial charge in [0.25, 0.3) is 5.91 Å². The van der Waals surface area contributed by atoms with Gasteiger partial charge in [-0.3, -0.25) is 4.79 Å². The van der Waals surface area contributed by atoms with Crippen molar-refractivity contribution < 1.29 is 9.63 Å². The quantitative estimate of drug-likeness (QED) is 0.672. The summed E-state index contributed by atoms with van der Waals surface area (Å²) >= 11 is 5.85. The lowest BCUT2D eigenvalue weighted by atomic mass is 10.0. The molecule has 0 atom stereocenters. The Morgan fingerprint density at radius 3 is 2.48 bits per heavy atom. The number of hydrogen-bond donors (Lipinski definition) is 1. The molecule has 0 aliphatic heterocycles. The van der Waals surface area contributed by atoms with E-state index in [9.17, 15) is 4.79 Å². The van der Waals surface area contributed by atoms with Crippen LogP contribution in [0.4, 0.5) is 0 Å². The summed E-state index contributed by atoms with van der Waals surface area (Å²) in [4.78, 5) is 17.3. The predicted molar refractivity (Wildman–Crippen MR) is 92.8 cm³/mol. The van der Waals surface area contributed by atoms with Crippen molar-refractivity contribution in [3.63, 3.8) is 0 Å². The van der Waals surface area contributed by atoms with Crippen LogP contribution in [0.2, 0.25) is 5.02 Å². The molecule has 0 saturated heterocycles. The minimum absolute atomic E-state index is 0.263. The third-order valence-electron chi connectivity index (χ3n) is 3.40. The molecule has 0 aliphatic carbocycles. The minimum Gasteiger partial charge on any atom is -0.398 e. The zero-order chi connectivity index (χ0) is 16.8. The highest BCUT2D eigenvalue weighted by atomic mass is 35.5. The molecule has 0 radical (unpaired) electrons. The Bertz CT molecular complexity index is 724. The van der Waals surface area contributed by atoms with Gasteiger partial charge in [-0.2, -0.15) is 0 Å². The molecule has 2 aromatic carbocycles. The fourth-order valence-electron chi connectivity index (χ4n) is 2.25. The molecular weight excluding hydrogens is 312 g/mol. The van der Waals surface area contributed by atoms with E-state index in [1.54, 1.807) is 12.1 Å². The summed E-state index contributed by atoms with van der Waals surface area (Å²) in [6, 6.07) is 13.1. The average molecular weight is 331 g/mol. The molecule has 0 aromatic heterocycles. The monoisotopic (exact) mass is 330 g/mol. The molecule has 0 saturated carbocycles. The predicted octanol–water partition coefficient (Wildman–Crippen LogP) is 3.62. The molecule has 23 heavy (non-hydrogen) atoms. The Labute approximate surface area is 141 Å². The summed E-state index contributed by atoms with van der Waals surface area (Å²) in [6.45, 7) is 4.34. The van der Waals surface area contributed by atoms with Crippen molar-refractivity contribution in [3.05, 3.63) is 69.7 Å². The number of aryl methyl sites for hydroxylation is 2. The van der Waals surface area contributed by atoms with Gasteiger partial charge in [-0.15, -0.1) is 0 Å². The van der Waals surface area contributed by atoms with E-state index in [4.69, 9.17) is 16.4 Å². The third-order valence-corrected chi connectivity index (χ3v) is 3.65. The van der Waals surface area contributed by atoms with E-state index < -0.39 is 0 Å². The maximum atomic E-state index is 12.5. The van der Waals surface area contributed by atoms with Crippen molar-refractivity contribution in [2.45, 2.75) is 20.4 Å². The highest BCUT2D eigenvalue weighted by Gasteiger charge is 2.17. The normalized spacial score (nSPS) is 11.2. The van der Waals surface area contributed by atoms with Gasteiger partial charge in [0.15, 0.2) is 5.71 Å². The summed E-state index contributed by atoms with van der Waals surface area (Å²) in [6.07, 6.45) is 0. The Hall–Kier alpha value is -2.33. The van der Waals surface area contributed by atoms with Crippen molar-refractivity contribution in [1.82, 2.24) is 5.32 Å². The van der Waals surface area contributed by atoms with Crippen LogP contribution in [0.5, 0.6) is 0 Å². The number of halogens is 1. The molecule has 0 spiro atoms. The van der Waals surface area contributed by atoms with Gasteiger partial charge in [-0.05, 0) is 37.1 Å². The van der Waals surface area contributed by atoms with Crippen LogP contribution in [-0.2, 0) is 16.2 Å². The van der Waals surface area contributed by atoms with E-state index in [0.717, 1.165) is 22.3 Å². The fraction of sp³-hybridized carbons (Fsp3) is 0.222. The topological polar surface area (TPSA) is 50.7 Å². The molecule has 4 nitrogen and oxygen atoms in total. The first-order valence-corrected chi connectivity index (χ1v) is 7.60. The Kier molecular flexibility index (Phi) is 5.77. The van der Waals surface area contributed by atoms with E-state index in [1.165, 1.54) is 7.11 Å². The van der Waals surface area contributed by atoms with Gasteiger partial charge in [-0.25, -0.2) is 0 Å². The van der Waals surface area contributed by atoms with E-state index in [0.29, 0.717) is 11.6 Å².